The zero-order valence-corrected chi connectivity index (χ0v) is 18.5. The minimum atomic E-state index is -4.46. The van der Waals surface area contributed by atoms with Gasteiger partial charge in [0.25, 0.3) is 0 Å². The highest BCUT2D eigenvalue weighted by molar-refractivity contribution is 7.89. The number of hydrogen-bond donors (Lipinski definition) is 1. The first-order chi connectivity index (χ1) is 15.6. The number of halogens is 3. The van der Waals surface area contributed by atoms with Crippen molar-refractivity contribution in [2.24, 2.45) is 0 Å². The Balaban J connectivity index is 1.78. The first kappa shape index (κ1) is 22.9. The van der Waals surface area contributed by atoms with Crippen LogP contribution in [0.2, 0.25) is 0 Å². The van der Waals surface area contributed by atoms with Gasteiger partial charge in [0.2, 0.25) is 10.0 Å². The Morgan fingerprint density at radius 2 is 1.85 bits per heavy atom. The molecular weight excluding hydrogens is 459 g/mol. The molecule has 0 atom stereocenters. The van der Waals surface area contributed by atoms with E-state index in [0.29, 0.717) is 35.8 Å². The molecule has 2 heterocycles. The smallest absolute Gasteiger partial charge is 0.416 e. The van der Waals surface area contributed by atoms with Gasteiger partial charge in [0, 0.05) is 24.4 Å². The van der Waals surface area contributed by atoms with E-state index in [9.17, 15) is 21.6 Å². The van der Waals surface area contributed by atoms with Crippen molar-refractivity contribution >= 4 is 15.8 Å². The molecule has 0 bridgehead atoms. The number of hydrogen-bond acceptors (Lipinski definition) is 6. The van der Waals surface area contributed by atoms with Crippen LogP contribution in [0.4, 0.5) is 19.0 Å². The number of sulfonamides is 1. The number of likely N-dealkylation sites (N-methyl/N-ethyl adjacent to an activating group) is 1. The lowest BCUT2D eigenvalue weighted by molar-refractivity contribution is -0.137. The Bertz CT molecular complexity index is 1280. The van der Waals surface area contributed by atoms with Crippen LogP contribution in [0.3, 0.4) is 0 Å². The van der Waals surface area contributed by atoms with Crippen molar-refractivity contribution in [3.8, 4) is 28.4 Å². The number of rotatable bonds is 5. The molecule has 4 rings (SSSR count). The van der Waals surface area contributed by atoms with Crippen molar-refractivity contribution in [1.29, 1.82) is 0 Å². The van der Waals surface area contributed by atoms with Gasteiger partial charge < -0.3 is 14.4 Å². The molecule has 1 aromatic heterocycles. The van der Waals surface area contributed by atoms with E-state index in [1.54, 1.807) is 12.3 Å². The van der Waals surface area contributed by atoms with Crippen LogP contribution in [0.5, 0.6) is 17.2 Å². The van der Waals surface area contributed by atoms with E-state index in [4.69, 9.17) is 9.47 Å². The number of anilines is 1. The summed E-state index contributed by atoms with van der Waals surface area (Å²) in [6.07, 6.45) is -2.90. The van der Waals surface area contributed by atoms with Crippen LogP contribution in [0, 0.1) is 0 Å². The van der Waals surface area contributed by atoms with Gasteiger partial charge in [-0.2, -0.15) is 13.2 Å². The molecule has 0 aliphatic carbocycles. The predicted molar refractivity (Wildman–Crippen MR) is 116 cm³/mol. The van der Waals surface area contributed by atoms with Gasteiger partial charge in [-0.25, -0.2) is 18.1 Å². The topological polar surface area (TPSA) is 80.8 Å². The van der Waals surface area contributed by atoms with Crippen molar-refractivity contribution in [3.63, 3.8) is 0 Å². The number of nitrogens with one attached hydrogen (secondary N) is 1. The van der Waals surface area contributed by atoms with Crippen molar-refractivity contribution in [3.05, 3.63) is 60.3 Å². The highest BCUT2D eigenvalue weighted by Crippen LogP contribution is 2.39. The number of alkyl halides is 3. The summed E-state index contributed by atoms with van der Waals surface area (Å²) >= 11 is 0. The minimum Gasteiger partial charge on any atom is -0.488 e. The monoisotopic (exact) mass is 479 g/mol. The predicted octanol–water partition coefficient (Wildman–Crippen LogP) is 4.30. The summed E-state index contributed by atoms with van der Waals surface area (Å²) in [5, 5.41) is 0. The lowest BCUT2D eigenvalue weighted by atomic mass is 10.1. The van der Waals surface area contributed by atoms with Crippen molar-refractivity contribution in [1.82, 2.24) is 9.71 Å². The van der Waals surface area contributed by atoms with Gasteiger partial charge in [0.15, 0.2) is 11.6 Å². The first-order valence-electron chi connectivity index (χ1n) is 9.85. The summed E-state index contributed by atoms with van der Waals surface area (Å²) in [7, 11) is -0.577. The molecule has 0 fully saturated rings. The maximum absolute atomic E-state index is 12.9. The second-order valence-corrected chi connectivity index (χ2v) is 9.19. The largest absolute Gasteiger partial charge is 0.488 e. The summed E-state index contributed by atoms with van der Waals surface area (Å²) < 4.78 is 77.1. The summed E-state index contributed by atoms with van der Waals surface area (Å²) in [6, 6.07) is 10.2. The molecule has 0 amide bonds. The van der Waals surface area contributed by atoms with Gasteiger partial charge in [-0.3, -0.25) is 0 Å². The quantitative estimate of drug-likeness (QED) is 0.588. The molecule has 1 N–H and O–H groups in total. The van der Waals surface area contributed by atoms with E-state index < -0.39 is 21.8 Å². The van der Waals surface area contributed by atoms with Crippen LogP contribution < -0.4 is 19.1 Å². The molecule has 0 saturated heterocycles. The Morgan fingerprint density at radius 1 is 1.12 bits per heavy atom. The number of nitrogens with zero attached hydrogens (tertiary/aromatic N) is 2. The Kier molecular flexibility index (Phi) is 5.93. The van der Waals surface area contributed by atoms with Gasteiger partial charge in [-0.05, 0) is 55.6 Å². The highest BCUT2D eigenvalue weighted by Gasteiger charge is 2.30. The maximum atomic E-state index is 12.9. The van der Waals surface area contributed by atoms with Crippen LogP contribution in [0.15, 0.2) is 59.6 Å². The molecule has 0 unspecified atom stereocenters. The molecular formula is C22H20F3N3O4S. The summed E-state index contributed by atoms with van der Waals surface area (Å²) in [5.74, 6) is 1.59. The van der Waals surface area contributed by atoms with E-state index in [0.717, 1.165) is 12.1 Å². The van der Waals surface area contributed by atoms with E-state index in [-0.39, 0.29) is 16.4 Å². The molecule has 33 heavy (non-hydrogen) atoms. The van der Waals surface area contributed by atoms with E-state index in [2.05, 4.69) is 9.71 Å². The van der Waals surface area contributed by atoms with Gasteiger partial charge in [0.1, 0.15) is 18.1 Å². The van der Waals surface area contributed by atoms with Gasteiger partial charge in [0.05, 0.1) is 17.0 Å². The number of benzene rings is 2. The van der Waals surface area contributed by atoms with Crippen molar-refractivity contribution < 1.29 is 31.1 Å². The Labute approximate surface area is 188 Å². The third-order valence-electron chi connectivity index (χ3n) is 5.13. The maximum Gasteiger partial charge on any atom is 0.416 e. The number of ether oxygens (including phenoxy) is 2. The average Bonchev–Trinajstić information content (AvgIpc) is 2.79. The van der Waals surface area contributed by atoms with Gasteiger partial charge in [-0.1, -0.05) is 0 Å². The number of pyridine rings is 1. The molecule has 174 valence electrons. The van der Waals surface area contributed by atoms with Crippen molar-refractivity contribution in [2.45, 2.75) is 11.1 Å². The fraction of sp³-hybridized carbons (Fsp3) is 0.227. The fourth-order valence-electron chi connectivity index (χ4n) is 3.32. The molecule has 0 spiro atoms. The van der Waals surface area contributed by atoms with E-state index >= 15 is 0 Å². The molecule has 1 aliphatic heterocycles. The zero-order chi connectivity index (χ0) is 23.8. The van der Waals surface area contributed by atoms with E-state index in [1.165, 1.54) is 37.4 Å². The minimum absolute atomic E-state index is 0.00414. The number of fused-ring (bicyclic) bond motifs is 1. The third kappa shape index (κ3) is 4.74. The van der Waals surface area contributed by atoms with Gasteiger partial charge in [-0.15, -0.1) is 0 Å². The molecule has 3 aromatic rings. The fourth-order valence-corrected chi connectivity index (χ4v) is 4.08. The van der Waals surface area contributed by atoms with Gasteiger partial charge >= 0.3 is 6.18 Å². The van der Waals surface area contributed by atoms with Crippen molar-refractivity contribution in [2.75, 3.05) is 32.1 Å². The van der Waals surface area contributed by atoms with Crippen LogP contribution in [-0.2, 0) is 16.2 Å². The normalized spacial score (nSPS) is 13.9. The van der Waals surface area contributed by atoms with Crippen LogP contribution in [-0.4, -0.2) is 40.6 Å². The second-order valence-electron chi connectivity index (χ2n) is 7.31. The standard InChI is InChI=1S/C22H20F3N3O4S/c1-26-33(29,30)17-7-8-19(32-16-5-3-15(4-6-16)22(23,24)25)18(12-17)14-11-20-21(27-13-14)28(2)9-10-31-20/h3-8,11-13,26H,9-10H2,1-2H3. The highest BCUT2D eigenvalue weighted by atomic mass is 32.2. The average molecular weight is 479 g/mol. The second kappa shape index (κ2) is 8.56. The molecule has 0 saturated carbocycles. The summed E-state index contributed by atoms with van der Waals surface area (Å²) in [6.45, 7) is 1.15. The molecule has 2 aromatic carbocycles. The van der Waals surface area contributed by atoms with Crippen LogP contribution in [0.25, 0.3) is 11.1 Å². The summed E-state index contributed by atoms with van der Waals surface area (Å²) in [4.78, 5) is 6.36. The van der Waals surface area contributed by atoms with E-state index in [1.807, 2.05) is 11.9 Å². The molecule has 7 nitrogen and oxygen atoms in total. The molecule has 11 heteroatoms. The third-order valence-corrected chi connectivity index (χ3v) is 6.54. The molecule has 0 radical (unpaired) electrons. The lowest BCUT2D eigenvalue weighted by Crippen LogP contribution is -2.29. The summed E-state index contributed by atoms with van der Waals surface area (Å²) in [5.41, 5.74) is 0.114. The molecule has 1 aliphatic rings. The Hall–Kier alpha value is -3.31. The SMILES string of the molecule is CNS(=O)(=O)c1ccc(Oc2ccc(C(F)(F)F)cc2)c(-c2cnc3c(c2)OCCN3C)c1. The van der Waals surface area contributed by atoms with Crippen LogP contribution >= 0.6 is 0 Å². The first-order valence-corrected chi connectivity index (χ1v) is 11.3. The zero-order valence-electron chi connectivity index (χ0n) is 17.7. The lowest BCUT2D eigenvalue weighted by Gasteiger charge is -2.26. The Morgan fingerprint density at radius 3 is 2.52 bits per heavy atom. The number of aromatic nitrogens is 1. The van der Waals surface area contributed by atoms with Crippen LogP contribution in [0.1, 0.15) is 5.56 Å².